The molecule has 0 unspecified atom stereocenters. The Labute approximate surface area is 162 Å². The Bertz CT molecular complexity index is 900. The number of aromatic nitrogens is 1. The Hall–Kier alpha value is -2.55. The molecule has 1 N–H and O–H groups in total. The molecule has 0 aliphatic heterocycles. The van der Waals surface area contributed by atoms with Crippen molar-refractivity contribution in [3.63, 3.8) is 0 Å². The number of nitrogens with zero attached hydrogens (tertiary/aromatic N) is 1. The molecule has 2 aromatic carbocycles. The van der Waals surface area contributed by atoms with Crippen molar-refractivity contribution in [1.82, 2.24) is 9.88 Å². The average Bonchev–Trinajstić information content (AvgIpc) is 3.13. The van der Waals surface area contributed by atoms with E-state index in [2.05, 4.69) is 56.9 Å². The van der Waals surface area contributed by atoms with Crippen LogP contribution >= 0.6 is 0 Å². The Morgan fingerprint density at radius 2 is 1.78 bits per heavy atom. The molecule has 27 heavy (non-hydrogen) atoms. The smallest absolute Gasteiger partial charge is 0.256 e. The molecule has 0 aliphatic carbocycles. The van der Waals surface area contributed by atoms with Gasteiger partial charge in [0.25, 0.3) is 5.91 Å². The summed E-state index contributed by atoms with van der Waals surface area (Å²) in [5.41, 5.74) is 4.30. The maximum absolute atomic E-state index is 13.3. The second-order valence-corrected chi connectivity index (χ2v) is 8.27. The van der Waals surface area contributed by atoms with E-state index in [9.17, 15) is 4.79 Å². The quantitative estimate of drug-likeness (QED) is 0.581. The lowest BCUT2D eigenvalue weighted by molar-refractivity contribution is 0.0742. The maximum atomic E-state index is 13.3. The Balaban J connectivity index is 1.85. The number of hydrogen-bond donors (Lipinski definition) is 1. The third-order valence-corrected chi connectivity index (χ3v) is 5.08. The first-order chi connectivity index (χ1) is 12.9. The van der Waals surface area contributed by atoms with E-state index in [0.717, 1.165) is 35.9 Å². The number of fused-ring (bicyclic) bond motifs is 1. The number of aromatic amines is 1. The van der Waals surface area contributed by atoms with Gasteiger partial charge in [-0.1, -0.05) is 70.5 Å². The predicted molar refractivity (Wildman–Crippen MR) is 113 cm³/mol. The summed E-state index contributed by atoms with van der Waals surface area (Å²) in [6.07, 6.45) is 3.97. The van der Waals surface area contributed by atoms with E-state index < -0.39 is 0 Å². The lowest BCUT2D eigenvalue weighted by atomic mass is 9.87. The van der Waals surface area contributed by atoms with Crippen molar-refractivity contribution in [1.29, 1.82) is 0 Å². The first-order valence-electron chi connectivity index (χ1n) is 9.85. The highest BCUT2D eigenvalue weighted by molar-refractivity contribution is 6.05. The minimum absolute atomic E-state index is 0.0939. The van der Waals surface area contributed by atoms with Crippen LogP contribution in [-0.4, -0.2) is 22.3 Å². The van der Waals surface area contributed by atoms with Gasteiger partial charge in [0, 0.05) is 24.7 Å². The molecule has 0 radical (unpaired) electrons. The molecular weight excluding hydrogens is 332 g/mol. The second kappa shape index (κ2) is 7.99. The molecule has 0 saturated heterocycles. The summed E-state index contributed by atoms with van der Waals surface area (Å²) in [7, 11) is 0. The number of hydrogen-bond acceptors (Lipinski definition) is 1. The van der Waals surface area contributed by atoms with Crippen molar-refractivity contribution in [3.8, 4) is 0 Å². The van der Waals surface area contributed by atoms with Crippen molar-refractivity contribution in [2.75, 3.05) is 6.54 Å². The predicted octanol–water partition coefficient (Wildman–Crippen LogP) is 5.91. The first kappa shape index (κ1) is 19.2. The summed E-state index contributed by atoms with van der Waals surface area (Å²) >= 11 is 0. The fraction of sp³-hybridized carbons (Fsp3) is 0.375. The molecular formula is C24H30N2O. The number of carbonyl (C=O) groups is 1. The molecule has 3 heteroatoms. The number of para-hydroxylation sites is 1. The van der Waals surface area contributed by atoms with Gasteiger partial charge in [0.15, 0.2) is 0 Å². The van der Waals surface area contributed by atoms with E-state index in [-0.39, 0.29) is 11.3 Å². The van der Waals surface area contributed by atoms with E-state index in [1.165, 1.54) is 11.1 Å². The molecule has 3 nitrogen and oxygen atoms in total. The van der Waals surface area contributed by atoms with Gasteiger partial charge in [-0.15, -0.1) is 0 Å². The van der Waals surface area contributed by atoms with Crippen molar-refractivity contribution >= 4 is 16.8 Å². The number of amides is 1. The van der Waals surface area contributed by atoms with Crippen LogP contribution in [0.3, 0.4) is 0 Å². The highest BCUT2D eigenvalue weighted by Crippen LogP contribution is 2.24. The van der Waals surface area contributed by atoms with E-state index >= 15 is 0 Å². The molecule has 0 fully saturated rings. The number of benzene rings is 2. The fourth-order valence-electron chi connectivity index (χ4n) is 3.37. The third-order valence-electron chi connectivity index (χ3n) is 5.08. The molecule has 142 valence electrons. The molecule has 0 spiro atoms. The normalized spacial score (nSPS) is 11.7. The Morgan fingerprint density at radius 3 is 2.44 bits per heavy atom. The number of H-pyrrole nitrogens is 1. The second-order valence-electron chi connectivity index (χ2n) is 8.27. The van der Waals surface area contributed by atoms with Gasteiger partial charge < -0.3 is 9.88 Å². The van der Waals surface area contributed by atoms with Crippen LogP contribution in [0.1, 0.15) is 62.0 Å². The van der Waals surface area contributed by atoms with Crippen LogP contribution in [0.4, 0.5) is 0 Å². The monoisotopic (exact) mass is 362 g/mol. The summed E-state index contributed by atoms with van der Waals surface area (Å²) in [6, 6.07) is 16.6. The van der Waals surface area contributed by atoms with Crippen LogP contribution in [0.25, 0.3) is 10.9 Å². The molecule has 0 aliphatic rings. The molecule has 1 amide bonds. The lowest BCUT2D eigenvalue weighted by Crippen LogP contribution is -2.31. The highest BCUT2D eigenvalue weighted by Gasteiger charge is 2.19. The minimum Gasteiger partial charge on any atom is -0.361 e. The first-order valence-corrected chi connectivity index (χ1v) is 9.85. The van der Waals surface area contributed by atoms with Crippen LogP contribution in [-0.2, 0) is 12.0 Å². The van der Waals surface area contributed by atoms with Crippen molar-refractivity contribution in [2.45, 2.75) is 52.5 Å². The third kappa shape index (κ3) is 4.41. The van der Waals surface area contributed by atoms with E-state index in [1.54, 1.807) is 0 Å². The zero-order chi connectivity index (χ0) is 19.4. The summed E-state index contributed by atoms with van der Waals surface area (Å²) in [6.45, 7) is 10.2. The molecule has 3 rings (SSSR count). The van der Waals surface area contributed by atoms with Crippen LogP contribution in [0.15, 0.2) is 54.7 Å². The molecule has 0 bridgehead atoms. The Morgan fingerprint density at radius 1 is 1.04 bits per heavy atom. The molecule has 0 atom stereocenters. The van der Waals surface area contributed by atoms with E-state index in [1.807, 2.05) is 35.4 Å². The standard InChI is InChI=1S/C24H30N2O/c1-5-6-16-26(17-18-10-12-20(13-11-18)24(2,3)4)23(27)21-9-7-8-19-14-15-25-22(19)21/h7-15,25H,5-6,16-17H2,1-4H3. The van der Waals surface area contributed by atoms with Crippen LogP contribution in [0.2, 0.25) is 0 Å². The summed E-state index contributed by atoms with van der Waals surface area (Å²) in [4.78, 5) is 18.5. The molecule has 1 aromatic heterocycles. The molecule has 3 aromatic rings. The molecule has 0 saturated carbocycles. The lowest BCUT2D eigenvalue weighted by Gasteiger charge is -2.24. The summed E-state index contributed by atoms with van der Waals surface area (Å²) in [5.74, 6) is 0.0939. The number of nitrogens with one attached hydrogen (secondary N) is 1. The van der Waals surface area contributed by atoms with Crippen molar-refractivity contribution < 1.29 is 4.79 Å². The van der Waals surface area contributed by atoms with Gasteiger partial charge in [-0.2, -0.15) is 0 Å². The SMILES string of the molecule is CCCCN(Cc1ccc(C(C)(C)C)cc1)C(=O)c1cccc2cc[nH]c12. The maximum Gasteiger partial charge on any atom is 0.256 e. The van der Waals surface area contributed by atoms with Gasteiger partial charge in [0.05, 0.1) is 11.1 Å². The topological polar surface area (TPSA) is 36.1 Å². The fourth-order valence-corrected chi connectivity index (χ4v) is 3.37. The van der Waals surface area contributed by atoms with Gasteiger partial charge in [-0.3, -0.25) is 4.79 Å². The van der Waals surface area contributed by atoms with E-state index in [4.69, 9.17) is 0 Å². The number of rotatable bonds is 6. The number of carbonyl (C=O) groups excluding carboxylic acids is 1. The molecule has 1 heterocycles. The van der Waals surface area contributed by atoms with Crippen LogP contribution in [0.5, 0.6) is 0 Å². The van der Waals surface area contributed by atoms with Gasteiger partial charge in [-0.05, 0) is 35.1 Å². The van der Waals surface area contributed by atoms with Gasteiger partial charge >= 0.3 is 0 Å². The largest absolute Gasteiger partial charge is 0.361 e. The number of unbranched alkanes of at least 4 members (excludes halogenated alkanes) is 1. The minimum atomic E-state index is 0.0939. The van der Waals surface area contributed by atoms with Crippen molar-refractivity contribution in [3.05, 3.63) is 71.4 Å². The average molecular weight is 363 g/mol. The Kier molecular flexibility index (Phi) is 5.69. The summed E-state index contributed by atoms with van der Waals surface area (Å²) < 4.78 is 0. The summed E-state index contributed by atoms with van der Waals surface area (Å²) in [5, 5.41) is 1.07. The van der Waals surface area contributed by atoms with Crippen molar-refractivity contribution in [2.24, 2.45) is 0 Å². The highest BCUT2D eigenvalue weighted by atomic mass is 16.2. The van der Waals surface area contributed by atoms with Crippen LogP contribution < -0.4 is 0 Å². The van der Waals surface area contributed by atoms with Gasteiger partial charge in [0.2, 0.25) is 0 Å². The van der Waals surface area contributed by atoms with Gasteiger partial charge in [-0.25, -0.2) is 0 Å². The zero-order valence-corrected chi connectivity index (χ0v) is 16.9. The zero-order valence-electron chi connectivity index (χ0n) is 16.9. The van der Waals surface area contributed by atoms with Gasteiger partial charge in [0.1, 0.15) is 0 Å². The van der Waals surface area contributed by atoms with E-state index in [0.29, 0.717) is 6.54 Å². The van der Waals surface area contributed by atoms with Crippen LogP contribution in [0, 0.1) is 0 Å².